The minimum absolute atomic E-state index is 0.0861. The highest BCUT2D eigenvalue weighted by atomic mass is 16.5. The van der Waals surface area contributed by atoms with Crippen LogP contribution in [0.4, 0.5) is 0 Å². The molecule has 1 fully saturated rings. The maximum Gasteiger partial charge on any atom is 0.261 e. The summed E-state index contributed by atoms with van der Waals surface area (Å²) in [5, 5.41) is 12.1. The predicted octanol–water partition coefficient (Wildman–Crippen LogP) is 0.930. The molecule has 5 heteroatoms. The first-order valence-electron chi connectivity index (χ1n) is 6.22. The second kappa shape index (κ2) is 5.82. The number of hydrogen-bond donors (Lipinski definition) is 2. The van der Waals surface area contributed by atoms with E-state index in [1.807, 2.05) is 13.0 Å². The van der Waals surface area contributed by atoms with Gasteiger partial charge in [0, 0.05) is 12.2 Å². The SMILES string of the molecule is Cc1ccc(OC2CCCCNC2=O)c(CO)n1. The first-order valence-corrected chi connectivity index (χ1v) is 6.22. The van der Waals surface area contributed by atoms with E-state index in [0.29, 0.717) is 24.4 Å². The number of carbonyl (C=O) groups is 1. The zero-order valence-electron chi connectivity index (χ0n) is 10.5. The molecular weight excluding hydrogens is 232 g/mol. The number of aliphatic hydroxyl groups excluding tert-OH is 1. The number of carbonyl (C=O) groups excluding carboxylic acids is 1. The van der Waals surface area contributed by atoms with Crippen LogP contribution in [0.3, 0.4) is 0 Å². The summed E-state index contributed by atoms with van der Waals surface area (Å²) in [4.78, 5) is 16.0. The molecule has 0 radical (unpaired) electrons. The first kappa shape index (κ1) is 12.8. The molecule has 2 heterocycles. The lowest BCUT2D eigenvalue weighted by Crippen LogP contribution is -2.36. The van der Waals surface area contributed by atoms with Crippen LogP contribution in [-0.4, -0.2) is 28.6 Å². The zero-order valence-corrected chi connectivity index (χ0v) is 10.5. The summed E-state index contributed by atoms with van der Waals surface area (Å²) in [6, 6.07) is 3.56. The molecule has 1 atom stereocenters. The minimum Gasteiger partial charge on any atom is -0.479 e. The smallest absolute Gasteiger partial charge is 0.261 e. The van der Waals surface area contributed by atoms with Gasteiger partial charge in [-0.1, -0.05) is 0 Å². The van der Waals surface area contributed by atoms with Crippen LogP contribution in [0.5, 0.6) is 5.75 Å². The average molecular weight is 250 g/mol. The predicted molar refractivity (Wildman–Crippen MR) is 66.2 cm³/mol. The number of pyridine rings is 1. The minimum atomic E-state index is -0.484. The fourth-order valence-corrected chi connectivity index (χ4v) is 2.00. The van der Waals surface area contributed by atoms with Crippen molar-refractivity contribution >= 4 is 5.91 Å². The van der Waals surface area contributed by atoms with Crippen LogP contribution in [0.1, 0.15) is 30.7 Å². The molecule has 98 valence electrons. The molecule has 1 aliphatic heterocycles. The number of rotatable bonds is 3. The molecule has 0 aromatic carbocycles. The molecule has 1 aromatic rings. The van der Waals surface area contributed by atoms with Crippen LogP contribution in [0.15, 0.2) is 12.1 Å². The van der Waals surface area contributed by atoms with Crippen LogP contribution in [0, 0.1) is 6.92 Å². The van der Waals surface area contributed by atoms with Crippen molar-refractivity contribution in [3.63, 3.8) is 0 Å². The third kappa shape index (κ3) is 2.98. The van der Waals surface area contributed by atoms with Gasteiger partial charge in [-0.2, -0.15) is 0 Å². The molecular formula is C13H18N2O3. The van der Waals surface area contributed by atoms with Crippen molar-refractivity contribution in [3.05, 3.63) is 23.5 Å². The summed E-state index contributed by atoms with van der Waals surface area (Å²) in [6.07, 6.45) is 2.15. The van der Waals surface area contributed by atoms with Gasteiger partial charge in [-0.3, -0.25) is 9.78 Å². The Kier molecular flexibility index (Phi) is 4.15. The largest absolute Gasteiger partial charge is 0.479 e. The van der Waals surface area contributed by atoms with Gasteiger partial charge in [0.05, 0.1) is 6.61 Å². The van der Waals surface area contributed by atoms with E-state index < -0.39 is 6.10 Å². The van der Waals surface area contributed by atoms with Gasteiger partial charge in [0.15, 0.2) is 6.10 Å². The van der Waals surface area contributed by atoms with Gasteiger partial charge in [-0.15, -0.1) is 0 Å². The highest BCUT2D eigenvalue weighted by Crippen LogP contribution is 2.21. The van der Waals surface area contributed by atoms with Crippen molar-refractivity contribution in [3.8, 4) is 5.75 Å². The van der Waals surface area contributed by atoms with Crippen molar-refractivity contribution in [2.24, 2.45) is 0 Å². The highest BCUT2D eigenvalue weighted by molar-refractivity contribution is 5.81. The second-order valence-electron chi connectivity index (χ2n) is 4.45. The number of hydrogen-bond acceptors (Lipinski definition) is 4. The number of amides is 1. The fourth-order valence-electron chi connectivity index (χ4n) is 2.00. The molecule has 2 rings (SSSR count). The number of nitrogens with zero attached hydrogens (tertiary/aromatic N) is 1. The third-order valence-corrected chi connectivity index (χ3v) is 2.98. The lowest BCUT2D eigenvalue weighted by Gasteiger charge is -2.17. The monoisotopic (exact) mass is 250 g/mol. The first-order chi connectivity index (χ1) is 8.70. The van der Waals surface area contributed by atoms with Crippen LogP contribution in [-0.2, 0) is 11.4 Å². The Morgan fingerprint density at radius 1 is 1.50 bits per heavy atom. The van der Waals surface area contributed by atoms with Gasteiger partial charge in [0.2, 0.25) is 0 Å². The van der Waals surface area contributed by atoms with E-state index >= 15 is 0 Å². The van der Waals surface area contributed by atoms with E-state index in [4.69, 9.17) is 4.74 Å². The summed E-state index contributed by atoms with van der Waals surface area (Å²) in [6.45, 7) is 2.37. The molecule has 1 amide bonds. The summed E-state index contributed by atoms with van der Waals surface area (Å²) in [5.41, 5.74) is 1.30. The van der Waals surface area contributed by atoms with Crippen molar-refractivity contribution in [1.82, 2.24) is 10.3 Å². The lowest BCUT2D eigenvalue weighted by molar-refractivity contribution is -0.127. The number of nitrogens with one attached hydrogen (secondary N) is 1. The molecule has 0 bridgehead atoms. The maximum atomic E-state index is 11.8. The number of aliphatic hydroxyl groups is 1. The summed E-state index contributed by atoms with van der Waals surface area (Å²) in [7, 11) is 0. The molecule has 1 aliphatic rings. The van der Waals surface area contributed by atoms with Crippen LogP contribution >= 0.6 is 0 Å². The topological polar surface area (TPSA) is 71.5 Å². The number of aryl methyl sites for hydroxylation is 1. The fraction of sp³-hybridized carbons (Fsp3) is 0.538. The van der Waals surface area contributed by atoms with Gasteiger partial charge < -0.3 is 15.2 Å². The van der Waals surface area contributed by atoms with Crippen molar-refractivity contribution in [2.45, 2.75) is 38.9 Å². The van der Waals surface area contributed by atoms with Gasteiger partial charge in [0.25, 0.3) is 5.91 Å². The summed E-state index contributed by atoms with van der Waals surface area (Å²) in [5.74, 6) is 0.405. The van der Waals surface area contributed by atoms with E-state index in [1.165, 1.54) is 0 Å². The number of ether oxygens (including phenoxy) is 1. The zero-order chi connectivity index (χ0) is 13.0. The van der Waals surface area contributed by atoms with Gasteiger partial charge in [-0.05, 0) is 38.3 Å². The molecule has 0 saturated carbocycles. The summed E-state index contributed by atoms with van der Waals surface area (Å²) >= 11 is 0. The lowest BCUT2D eigenvalue weighted by atomic mass is 10.2. The molecule has 1 saturated heterocycles. The van der Waals surface area contributed by atoms with Crippen LogP contribution in [0.25, 0.3) is 0 Å². The van der Waals surface area contributed by atoms with E-state index in [2.05, 4.69) is 10.3 Å². The van der Waals surface area contributed by atoms with Gasteiger partial charge in [0.1, 0.15) is 11.4 Å². The van der Waals surface area contributed by atoms with Gasteiger partial charge >= 0.3 is 0 Å². The standard InChI is InChI=1S/C13H18N2O3/c1-9-5-6-11(10(8-16)15-9)18-12-4-2-3-7-14-13(12)17/h5-6,12,16H,2-4,7-8H2,1H3,(H,14,17). The Morgan fingerprint density at radius 2 is 2.33 bits per heavy atom. The summed E-state index contributed by atoms with van der Waals surface area (Å²) < 4.78 is 5.69. The third-order valence-electron chi connectivity index (χ3n) is 2.98. The second-order valence-corrected chi connectivity index (χ2v) is 4.45. The highest BCUT2D eigenvalue weighted by Gasteiger charge is 2.23. The molecule has 0 spiro atoms. The Morgan fingerprint density at radius 3 is 3.11 bits per heavy atom. The number of aromatic nitrogens is 1. The molecule has 1 unspecified atom stereocenters. The van der Waals surface area contributed by atoms with Crippen LogP contribution in [0.2, 0.25) is 0 Å². The van der Waals surface area contributed by atoms with E-state index in [9.17, 15) is 9.90 Å². The maximum absolute atomic E-state index is 11.8. The van der Waals surface area contributed by atoms with Crippen molar-refractivity contribution in [1.29, 1.82) is 0 Å². The quantitative estimate of drug-likeness (QED) is 0.837. The average Bonchev–Trinajstić information content (AvgIpc) is 2.57. The van der Waals surface area contributed by atoms with E-state index in [0.717, 1.165) is 18.5 Å². The normalized spacial score (nSPS) is 20.1. The molecule has 18 heavy (non-hydrogen) atoms. The Labute approximate surface area is 106 Å². The van der Waals surface area contributed by atoms with Crippen molar-refractivity contribution < 1.29 is 14.6 Å². The Balaban J connectivity index is 2.14. The van der Waals surface area contributed by atoms with Gasteiger partial charge in [-0.25, -0.2) is 0 Å². The van der Waals surface area contributed by atoms with Crippen molar-refractivity contribution in [2.75, 3.05) is 6.54 Å². The van der Waals surface area contributed by atoms with Crippen LogP contribution < -0.4 is 10.1 Å². The van der Waals surface area contributed by atoms with E-state index in [-0.39, 0.29) is 12.5 Å². The van der Waals surface area contributed by atoms with E-state index in [1.54, 1.807) is 6.07 Å². The Bertz CT molecular complexity index is 434. The molecule has 0 aliphatic carbocycles. The Hall–Kier alpha value is -1.62. The molecule has 5 nitrogen and oxygen atoms in total. The molecule has 2 N–H and O–H groups in total. The molecule has 1 aromatic heterocycles.